The number of furan rings is 1. The average molecular weight is 302 g/mol. The van der Waals surface area contributed by atoms with Gasteiger partial charge in [-0.05, 0) is 38.1 Å². The fraction of sp³-hybridized carbons (Fsp3) is 0.471. The largest absolute Gasteiger partial charge is 0.475 e. The molecule has 0 radical (unpaired) electrons. The van der Waals surface area contributed by atoms with E-state index in [2.05, 4.69) is 29.0 Å². The molecule has 1 aliphatic rings. The number of hydrogen-bond acceptors (Lipinski definition) is 4. The minimum atomic E-state index is -1.01. The Morgan fingerprint density at radius 3 is 2.55 bits per heavy atom. The number of carboxylic acid groups (broad SMARTS) is 1. The van der Waals surface area contributed by atoms with Crippen molar-refractivity contribution in [2.75, 3.05) is 33.2 Å². The van der Waals surface area contributed by atoms with Crippen LogP contribution in [0.3, 0.4) is 0 Å². The third-order valence-corrected chi connectivity index (χ3v) is 4.48. The molecule has 1 aromatic heterocycles. The van der Waals surface area contributed by atoms with Gasteiger partial charge < -0.3 is 14.4 Å². The first kappa shape index (κ1) is 15.1. The molecule has 0 unspecified atom stereocenters. The van der Waals surface area contributed by atoms with Gasteiger partial charge >= 0.3 is 5.97 Å². The summed E-state index contributed by atoms with van der Waals surface area (Å²) in [5.41, 5.74) is 3.62. The molecule has 0 atom stereocenters. The second-order valence-electron chi connectivity index (χ2n) is 6.23. The molecule has 1 fully saturated rings. The molecular formula is C17H22N2O3. The number of aromatic carboxylic acids is 1. The van der Waals surface area contributed by atoms with Gasteiger partial charge in [0.15, 0.2) is 0 Å². The summed E-state index contributed by atoms with van der Waals surface area (Å²) in [5.74, 6) is -0.955. The van der Waals surface area contributed by atoms with Gasteiger partial charge in [-0.2, -0.15) is 0 Å². The van der Waals surface area contributed by atoms with Crippen molar-refractivity contribution in [3.8, 4) is 0 Å². The van der Waals surface area contributed by atoms with Crippen LogP contribution in [0.1, 0.15) is 27.2 Å². The summed E-state index contributed by atoms with van der Waals surface area (Å²) in [7, 11) is 2.15. The molecule has 22 heavy (non-hydrogen) atoms. The van der Waals surface area contributed by atoms with E-state index in [-0.39, 0.29) is 5.76 Å². The minimum Gasteiger partial charge on any atom is -0.475 e. The topological polar surface area (TPSA) is 56.9 Å². The molecule has 1 aliphatic heterocycles. The minimum absolute atomic E-state index is 0.0508. The van der Waals surface area contributed by atoms with Gasteiger partial charge in [-0.3, -0.25) is 4.90 Å². The summed E-state index contributed by atoms with van der Waals surface area (Å²) in [4.78, 5) is 16.0. The number of nitrogens with zero attached hydrogens (tertiary/aromatic N) is 2. The molecule has 0 saturated carbocycles. The van der Waals surface area contributed by atoms with Crippen molar-refractivity contribution in [2.45, 2.75) is 20.4 Å². The number of piperazine rings is 1. The molecule has 5 nitrogen and oxygen atoms in total. The van der Waals surface area contributed by atoms with Crippen LogP contribution >= 0.6 is 0 Å². The Hall–Kier alpha value is -1.85. The molecular weight excluding hydrogens is 280 g/mol. The summed E-state index contributed by atoms with van der Waals surface area (Å²) < 4.78 is 5.53. The average Bonchev–Trinajstić information content (AvgIpc) is 2.80. The number of carboxylic acids is 1. The maximum Gasteiger partial charge on any atom is 0.372 e. The van der Waals surface area contributed by atoms with Gasteiger partial charge in [0.25, 0.3) is 0 Å². The summed E-state index contributed by atoms with van der Waals surface area (Å²) in [6, 6.07) is 4.18. The normalized spacial score (nSPS) is 17.2. The Morgan fingerprint density at radius 1 is 1.23 bits per heavy atom. The Bertz CT molecular complexity index is 712. The Kier molecular flexibility index (Phi) is 3.93. The van der Waals surface area contributed by atoms with E-state index in [0.717, 1.165) is 43.7 Å². The van der Waals surface area contributed by atoms with Crippen molar-refractivity contribution in [3.05, 3.63) is 34.6 Å². The maximum absolute atomic E-state index is 11.2. The predicted molar refractivity (Wildman–Crippen MR) is 85.4 cm³/mol. The molecule has 1 saturated heterocycles. The molecule has 0 bridgehead atoms. The molecule has 0 amide bonds. The van der Waals surface area contributed by atoms with Crippen molar-refractivity contribution in [3.63, 3.8) is 0 Å². The molecule has 2 heterocycles. The zero-order valence-corrected chi connectivity index (χ0v) is 13.3. The van der Waals surface area contributed by atoms with Gasteiger partial charge in [-0.15, -0.1) is 0 Å². The smallest absolute Gasteiger partial charge is 0.372 e. The standard InChI is InChI=1S/C17H22N2O3/c1-11-8-13(10-19-6-4-18(3)5-7-19)9-14-12(2)16(17(20)21)22-15(11)14/h8-9H,4-7,10H2,1-3H3,(H,20,21). The number of fused-ring (bicyclic) bond motifs is 1. The van der Waals surface area contributed by atoms with E-state index in [0.29, 0.717) is 11.1 Å². The van der Waals surface area contributed by atoms with Gasteiger partial charge in [0, 0.05) is 43.7 Å². The van der Waals surface area contributed by atoms with Gasteiger partial charge in [-0.1, -0.05) is 6.07 Å². The number of hydrogen-bond donors (Lipinski definition) is 1. The highest BCUT2D eigenvalue weighted by Crippen LogP contribution is 2.29. The van der Waals surface area contributed by atoms with Crippen LogP contribution in [0, 0.1) is 13.8 Å². The van der Waals surface area contributed by atoms with Crippen LogP contribution in [0.15, 0.2) is 16.5 Å². The fourth-order valence-electron chi connectivity index (χ4n) is 3.12. The first-order chi connectivity index (χ1) is 10.5. The van der Waals surface area contributed by atoms with E-state index in [1.165, 1.54) is 5.56 Å². The quantitative estimate of drug-likeness (QED) is 0.944. The Morgan fingerprint density at radius 2 is 1.91 bits per heavy atom. The summed E-state index contributed by atoms with van der Waals surface area (Å²) in [6.07, 6.45) is 0. The van der Waals surface area contributed by atoms with Crippen LogP contribution in [0.4, 0.5) is 0 Å². The first-order valence-corrected chi connectivity index (χ1v) is 7.62. The van der Waals surface area contributed by atoms with E-state index < -0.39 is 5.97 Å². The monoisotopic (exact) mass is 302 g/mol. The molecule has 3 rings (SSSR count). The second kappa shape index (κ2) is 5.74. The van der Waals surface area contributed by atoms with Gasteiger partial charge in [0.05, 0.1) is 0 Å². The molecule has 1 N–H and O–H groups in total. The highest BCUT2D eigenvalue weighted by atomic mass is 16.4. The number of carbonyl (C=O) groups is 1. The van der Waals surface area contributed by atoms with Crippen molar-refractivity contribution in [1.29, 1.82) is 0 Å². The Labute approximate surface area is 130 Å². The van der Waals surface area contributed by atoms with Crippen molar-refractivity contribution >= 4 is 16.9 Å². The molecule has 1 aromatic carbocycles. The van der Waals surface area contributed by atoms with Gasteiger partial charge in [0.2, 0.25) is 5.76 Å². The summed E-state index contributed by atoms with van der Waals surface area (Å²) in [5, 5.41) is 10.1. The zero-order valence-electron chi connectivity index (χ0n) is 13.3. The lowest BCUT2D eigenvalue weighted by atomic mass is 10.0. The van der Waals surface area contributed by atoms with E-state index in [1.807, 2.05) is 13.8 Å². The third-order valence-electron chi connectivity index (χ3n) is 4.48. The van der Waals surface area contributed by atoms with Crippen LogP contribution in [0.2, 0.25) is 0 Å². The van der Waals surface area contributed by atoms with Crippen molar-refractivity contribution in [2.24, 2.45) is 0 Å². The number of aryl methyl sites for hydroxylation is 2. The number of rotatable bonds is 3. The Balaban J connectivity index is 1.91. The van der Waals surface area contributed by atoms with E-state index in [1.54, 1.807) is 0 Å². The number of benzene rings is 1. The SMILES string of the molecule is Cc1c(C(=O)O)oc2c(C)cc(CN3CCN(C)CC3)cc12. The van der Waals surface area contributed by atoms with Crippen LogP contribution in [0.25, 0.3) is 11.0 Å². The van der Waals surface area contributed by atoms with E-state index >= 15 is 0 Å². The summed E-state index contributed by atoms with van der Waals surface area (Å²) >= 11 is 0. The lowest BCUT2D eigenvalue weighted by Gasteiger charge is -2.32. The molecule has 0 spiro atoms. The van der Waals surface area contributed by atoms with E-state index in [9.17, 15) is 9.90 Å². The zero-order chi connectivity index (χ0) is 15.9. The fourth-order valence-corrected chi connectivity index (χ4v) is 3.12. The highest BCUT2D eigenvalue weighted by molar-refractivity contribution is 5.96. The maximum atomic E-state index is 11.2. The summed E-state index contributed by atoms with van der Waals surface area (Å²) in [6.45, 7) is 9.01. The van der Waals surface area contributed by atoms with Crippen molar-refractivity contribution in [1.82, 2.24) is 9.80 Å². The molecule has 118 valence electrons. The predicted octanol–water partition coefficient (Wildman–Crippen LogP) is 2.50. The van der Waals surface area contributed by atoms with Crippen LogP contribution in [0.5, 0.6) is 0 Å². The first-order valence-electron chi connectivity index (χ1n) is 7.62. The van der Waals surface area contributed by atoms with Crippen LogP contribution in [-0.4, -0.2) is 54.1 Å². The highest BCUT2D eigenvalue weighted by Gasteiger charge is 2.19. The van der Waals surface area contributed by atoms with Crippen molar-refractivity contribution < 1.29 is 14.3 Å². The second-order valence-corrected chi connectivity index (χ2v) is 6.23. The van der Waals surface area contributed by atoms with Crippen LogP contribution in [-0.2, 0) is 6.54 Å². The van der Waals surface area contributed by atoms with Gasteiger partial charge in [-0.25, -0.2) is 4.79 Å². The lowest BCUT2D eigenvalue weighted by Crippen LogP contribution is -2.43. The molecule has 0 aliphatic carbocycles. The van der Waals surface area contributed by atoms with E-state index in [4.69, 9.17) is 4.42 Å². The molecule has 5 heteroatoms. The van der Waals surface area contributed by atoms with Crippen LogP contribution < -0.4 is 0 Å². The molecule has 2 aromatic rings. The number of likely N-dealkylation sites (N-methyl/N-ethyl adjacent to an activating group) is 1. The third kappa shape index (κ3) is 2.74. The lowest BCUT2D eigenvalue weighted by molar-refractivity contribution is 0.0664. The van der Waals surface area contributed by atoms with Gasteiger partial charge in [0.1, 0.15) is 5.58 Å².